The number of aliphatic carboxylic acids is 2. The quantitative estimate of drug-likeness (QED) is 0.146. The molecule has 1 saturated heterocycles. The largest absolute Gasteiger partial charge is 0.511 e. The maximum absolute atomic E-state index is 15.0. The Morgan fingerprint density at radius 2 is 1.75 bits per heavy atom. The summed E-state index contributed by atoms with van der Waals surface area (Å²) in [5.41, 5.74) is -1.70. The first-order valence-corrected chi connectivity index (χ1v) is 22.1. The zero-order valence-corrected chi connectivity index (χ0v) is 37.4. The molecule has 1 aliphatic heterocycles. The monoisotopic (exact) mass is 890 g/mol. The van der Waals surface area contributed by atoms with Gasteiger partial charge in [0.15, 0.2) is 18.3 Å². The van der Waals surface area contributed by atoms with Crippen molar-refractivity contribution in [1.82, 2.24) is 9.88 Å². The van der Waals surface area contributed by atoms with E-state index in [1.807, 2.05) is 39.0 Å². The number of aliphatic hydroxyl groups is 1. The number of nitrogens with one attached hydrogen (secondary N) is 1. The zero-order valence-electron chi connectivity index (χ0n) is 35.2. The van der Waals surface area contributed by atoms with Crippen molar-refractivity contribution in [3.63, 3.8) is 0 Å². The molecular formula is C45H57Cl3N2O10. The highest BCUT2D eigenvalue weighted by Crippen LogP contribution is 2.59. The van der Waals surface area contributed by atoms with Crippen molar-refractivity contribution in [1.29, 1.82) is 0 Å². The van der Waals surface area contributed by atoms with Crippen molar-refractivity contribution < 1.29 is 48.7 Å². The van der Waals surface area contributed by atoms with Gasteiger partial charge in [0.2, 0.25) is 0 Å². The first kappa shape index (κ1) is 46.1. The predicted molar refractivity (Wildman–Crippen MR) is 228 cm³/mol. The normalized spacial score (nSPS) is 38.7. The Morgan fingerprint density at radius 1 is 1.03 bits per heavy atom. The van der Waals surface area contributed by atoms with E-state index in [4.69, 9.17) is 49.0 Å². The van der Waals surface area contributed by atoms with Crippen LogP contribution in [0.1, 0.15) is 97.0 Å². The SMILES string of the molecule is CCC1CC2C(=O)/C(C(=O)O)=C(/O)[C@]3(CC)C(C=CC4C3CC[C@H](C)[C@@H]4OC3COC(NC(=O)c4c(Cl)c(Cl)c(Cl)n4C)C(C)O3)C/C=C/C/C(C)=C/[C@@]2(C)C=C1C(=O)O. The number of carboxylic acid groups (broad SMARTS) is 2. The van der Waals surface area contributed by atoms with Gasteiger partial charge >= 0.3 is 11.9 Å². The molecule has 6 rings (SSSR count). The second-order valence-electron chi connectivity index (χ2n) is 17.5. The van der Waals surface area contributed by atoms with E-state index in [1.54, 1.807) is 27.0 Å². The molecule has 1 aromatic heterocycles. The molecule has 328 valence electrons. The van der Waals surface area contributed by atoms with Crippen molar-refractivity contribution >= 4 is 58.4 Å². The van der Waals surface area contributed by atoms with Gasteiger partial charge in [-0.3, -0.25) is 9.59 Å². The van der Waals surface area contributed by atoms with Gasteiger partial charge in [0.1, 0.15) is 34.9 Å². The highest BCUT2D eigenvalue weighted by molar-refractivity contribution is 6.49. The maximum atomic E-state index is 15.0. The summed E-state index contributed by atoms with van der Waals surface area (Å²) < 4.78 is 20.5. The number of Topliss-reactive ketones (excluding diaryl/α,β-unsaturated/α-hetero) is 1. The Bertz CT molecular complexity index is 2030. The van der Waals surface area contributed by atoms with Crippen LogP contribution in [-0.4, -0.2) is 74.8 Å². The molecule has 15 heteroatoms. The standard InChI is InChI=1S/C45H57Cl3N2O10/c1-8-25-18-30-36(51)32(43(56)57)38(52)45(9-2)26(13-11-10-12-22(3)19-44(30,6)20-28(25)42(54)55)15-16-27-29(45)17-14-23(4)37(27)60-31-21-58-41(24(5)59-31)49-40(53)35-33(46)34(47)39(48)50(35)7/h10-11,15-16,19-20,23-27,29-31,37,41,52H,8-9,12-14,17-18,21H2,1-7H3,(H,49,53)(H,54,55)(H,56,57)/b11-10+,22-19+,38-32-/t23-,24?,25?,26?,27?,29?,30?,31?,37-,41?,44-,45+/m0/s1. The lowest BCUT2D eigenvalue weighted by atomic mass is 9.51. The molecule has 5 aliphatic rings. The molecule has 60 heavy (non-hydrogen) atoms. The Kier molecular flexibility index (Phi) is 13.9. The van der Waals surface area contributed by atoms with Crippen molar-refractivity contribution in [3.8, 4) is 0 Å². The van der Waals surface area contributed by atoms with E-state index in [1.165, 1.54) is 4.57 Å². The third kappa shape index (κ3) is 8.29. The molecule has 12 nitrogen and oxygen atoms in total. The minimum atomic E-state index is -1.51. The number of amides is 1. The fourth-order valence-electron chi connectivity index (χ4n) is 10.8. The van der Waals surface area contributed by atoms with Crippen LogP contribution in [0.4, 0.5) is 0 Å². The molecule has 8 unspecified atom stereocenters. The number of aromatic nitrogens is 1. The van der Waals surface area contributed by atoms with Gasteiger partial charge < -0.3 is 39.4 Å². The summed E-state index contributed by atoms with van der Waals surface area (Å²) in [5, 5.41) is 36.9. The van der Waals surface area contributed by atoms with E-state index in [0.717, 1.165) is 5.57 Å². The number of aliphatic hydroxyl groups excluding tert-OH is 1. The van der Waals surface area contributed by atoms with E-state index >= 15 is 0 Å². The van der Waals surface area contributed by atoms with Crippen LogP contribution in [0.5, 0.6) is 0 Å². The number of allylic oxidation sites excluding steroid dienone is 7. The van der Waals surface area contributed by atoms with Gasteiger partial charge in [-0.1, -0.05) is 105 Å². The second-order valence-corrected chi connectivity index (χ2v) is 18.6. The van der Waals surface area contributed by atoms with Crippen molar-refractivity contribution in [2.24, 2.45) is 53.4 Å². The maximum Gasteiger partial charge on any atom is 0.342 e. The van der Waals surface area contributed by atoms with Crippen LogP contribution >= 0.6 is 34.8 Å². The Hall–Kier alpha value is -3.39. The summed E-state index contributed by atoms with van der Waals surface area (Å²) >= 11 is 18.7. The van der Waals surface area contributed by atoms with Crippen molar-refractivity contribution in [3.05, 3.63) is 79.8 Å². The van der Waals surface area contributed by atoms with Crippen LogP contribution in [0.2, 0.25) is 15.2 Å². The van der Waals surface area contributed by atoms with E-state index in [9.17, 15) is 34.5 Å². The fourth-order valence-corrected chi connectivity index (χ4v) is 11.6. The van der Waals surface area contributed by atoms with Crippen LogP contribution in [0.15, 0.2) is 58.9 Å². The van der Waals surface area contributed by atoms with E-state index < -0.39 is 82.4 Å². The average Bonchev–Trinajstić information content (AvgIpc) is 3.38. The lowest BCUT2D eigenvalue weighted by Crippen LogP contribution is -2.56. The van der Waals surface area contributed by atoms with Crippen LogP contribution in [-0.2, 0) is 35.6 Å². The molecule has 0 radical (unpaired) electrons. The number of carboxylic acids is 2. The van der Waals surface area contributed by atoms with Crippen LogP contribution in [0.3, 0.4) is 0 Å². The van der Waals surface area contributed by atoms with E-state index in [0.29, 0.717) is 38.5 Å². The first-order chi connectivity index (χ1) is 28.3. The highest BCUT2D eigenvalue weighted by Gasteiger charge is 2.57. The summed E-state index contributed by atoms with van der Waals surface area (Å²) in [6.45, 7) is 11.3. The lowest BCUT2D eigenvalue weighted by molar-refractivity contribution is -0.292. The van der Waals surface area contributed by atoms with Gasteiger partial charge in [-0.25, -0.2) is 9.59 Å². The molecule has 12 atom stereocenters. The number of halogens is 3. The molecular weight excluding hydrogens is 835 g/mol. The van der Waals surface area contributed by atoms with Crippen LogP contribution < -0.4 is 5.32 Å². The third-order valence-corrected chi connectivity index (χ3v) is 15.3. The second kappa shape index (κ2) is 18.1. The molecule has 2 fully saturated rings. The van der Waals surface area contributed by atoms with Crippen molar-refractivity contribution in [2.75, 3.05) is 6.61 Å². The summed E-state index contributed by atoms with van der Waals surface area (Å²) in [6.07, 6.45) is 12.4. The van der Waals surface area contributed by atoms with Gasteiger partial charge in [-0.2, -0.15) is 0 Å². The number of rotatable bonds is 8. The van der Waals surface area contributed by atoms with Gasteiger partial charge in [0.25, 0.3) is 5.91 Å². The number of hydrogen-bond donors (Lipinski definition) is 4. The molecule has 0 spiro atoms. The average molecular weight is 892 g/mol. The third-order valence-electron chi connectivity index (χ3n) is 14.0. The number of fused-ring (bicyclic) bond motifs is 4. The highest BCUT2D eigenvalue weighted by atomic mass is 35.5. The number of carbonyl (C=O) groups is 4. The number of hydrogen-bond acceptors (Lipinski definition) is 8. The molecule has 1 amide bonds. The van der Waals surface area contributed by atoms with E-state index in [-0.39, 0.29) is 63.2 Å². The molecule has 2 heterocycles. The summed E-state index contributed by atoms with van der Waals surface area (Å²) in [5.74, 6) is -6.57. The summed E-state index contributed by atoms with van der Waals surface area (Å²) in [4.78, 5) is 54.1. The van der Waals surface area contributed by atoms with Crippen molar-refractivity contribution in [2.45, 2.75) is 111 Å². The van der Waals surface area contributed by atoms with Gasteiger partial charge in [-0.05, 0) is 82.5 Å². The van der Waals surface area contributed by atoms with Gasteiger partial charge in [0, 0.05) is 35.3 Å². The predicted octanol–water partition coefficient (Wildman–Crippen LogP) is 9.26. The minimum absolute atomic E-state index is 0.0124. The molecule has 4 N–H and O–H groups in total. The Balaban J connectivity index is 1.33. The van der Waals surface area contributed by atoms with E-state index in [2.05, 4.69) is 24.4 Å². The topological polar surface area (TPSA) is 174 Å². The molecule has 1 saturated carbocycles. The fraction of sp³-hybridized carbons (Fsp3) is 0.600. The number of ketones is 1. The smallest absolute Gasteiger partial charge is 0.342 e. The molecule has 1 aromatic rings. The number of ether oxygens (including phenoxy) is 3. The molecule has 4 aliphatic carbocycles. The van der Waals surface area contributed by atoms with Crippen LogP contribution in [0.25, 0.3) is 0 Å². The number of carbonyl (C=O) groups excluding carboxylic acids is 2. The number of nitrogens with zero attached hydrogens (tertiary/aromatic N) is 1. The summed E-state index contributed by atoms with van der Waals surface area (Å²) in [6, 6.07) is 0. The molecule has 0 bridgehead atoms. The Labute approximate surface area is 366 Å². The minimum Gasteiger partial charge on any atom is -0.511 e. The van der Waals surface area contributed by atoms with Crippen LogP contribution in [0, 0.1) is 46.3 Å². The van der Waals surface area contributed by atoms with Gasteiger partial charge in [-0.15, -0.1) is 0 Å². The Morgan fingerprint density at radius 3 is 2.35 bits per heavy atom. The zero-order chi connectivity index (χ0) is 44.0. The molecule has 0 aromatic carbocycles. The first-order valence-electron chi connectivity index (χ1n) is 20.9. The summed E-state index contributed by atoms with van der Waals surface area (Å²) in [7, 11) is 1.57. The van der Waals surface area contributed by atoms with Gasteiger partial charge in [0.05, 0.1) is 16.1 Å². The lowest BCUT2D eigenvalue weighted by Gasteiger charge is -2.55.